The van der Waals surface area contributed by atoms with Crippen molar-refractivity contribution < 1.29 is 8.81 Å². The van der Waals surface area contributed by atoms with E-state index in [1.807, 2.05) is 30.3 Å². The van der Waals surface area contributed by atoms with Crippen molar-refractivity contribution in [3.63, 3.8) is 0 Å². The van der Waals surface area contributed by atoms with Gasteiger partial charge in [-0.2, -0.15) is 0 Å². The third kappa shape index (κ3) is 6.24. The van der Waals surface area contributed by atoms with E-state index in [1.165, 1.54) is 56.9 Å². The summed E-state index contributed by atoms with van der Waals surface area (Å²) in [4.78, 5) is 12.8. The fourth-order valence-corrected chi connectivity index (χ4v) is 5.07. The van der Waals surface area contributed by atoms with E-state index in [0.29, 0.717) is 22.8 Å². The summed E-state index contributed by atoms with van der Waals surface area (Å²) >= 11 is 0. The number of rotatable bonds is 13. The van der Waals surface area contributed by atoms with Crippen molar-refractivity contribution in [3.05, 3.63) is 82.0 Å². The van der Waals surface area contributed by atoms with E-state index in [0.717, 1.165) is 35.8 Å². The van der Waals surface area contributed by atoms with Crippen LogP contribution in [0.3, 0.4) is 0 Å². The van der Waals surface area contributed by atoms with E-state index in [4.69, 9.17) is 4.42 Å². The number of fused-ring (bicyclic) bond motifs is 3. The van der Waals surface area contributed by atoms with Crippen molar-refractivity contribution in [1.29, 1.82) is 0 Å². The van der Waals surface area contributed by atoms with Crippen molar-refractivity contribution >= 4 is 21.7 Å². The van der Waals surface area contributed by atoms with Crippen LogP contribution in [0.5, 0.6) is 0 Å². The number of hydrogen-bond acceptors (Lipinski definition) is 2. The van der Waals surface area contributed by atoms with Gasteiger partial charge in [0, 0.05) is 10.8 Å². The lowest BCUT2D eigenvalue weighted by Crippen LogP contribution is -2.02. The first-order valence-corrected chi connectivity index (χ1v) is 13.9. The van der Waals surface area contributed by atoms with Crippen molar-refractivity contribution in [1.82, 2.24) is 0 Å². The normalized spacial score (nSPS) is 11.5. The Morgan fingerprint density at radius 2 is 1.28 bits per heavy atom. The second kappa shape index (κ2) is 12.9. The fourth-order valence-electron chi connectivity index (χ4n) is 5.07. The second-order valence-electron chi connectivity index (χ2n) is 10.1. The van der Waals surface area contributed by atoms with Gasteiger partial charge in [0.05, 0.1) is 5.39 Å². The van der Waals surface area contributed by atoms with Gasteiger partial charge in [-0.3, -0.25) is 0 Å². The van der Waals surface area contributed by atoms with Crippen LogP contribution in [0.25, 0.3) is 32.9 Å². The van der Waals surface area contributed by atoms with E-state index in [-0.39, 0.29) is 5.58 Å². The van der Waals surface area contributed by atoms with Crippen LogP contribution in [0.2, 0.25) is 0 Å². The number of halogens is 1. The van der Waals surface area contributed by atoms with Crippen molar-refractivity contribution in [2.45, 2.75) is 90.9 Å². The molecule has 0 fully saturated rings. The van der Waals surface area contributed by atoms with Crippen LogP contribution >= 0.6 is 0 Å². The average molecular weight is 487 g/mol. The van der Waals surface area contributed by atoms with Gasteiger partial charge in [-0.25, -0.2) is 9.18 Å². The maximum atomic E-state index is 15.0. The number of unbranched alkanes of at least 4 members (excludes halogenated alkanes) is 8. The fraction of sp³-hybridized carbons (Fsp3) is 0.424. The van der Waals surface area contributed by atoms with Crippen LogP contribution in [0, 0.1) is 5.82 Å². The van der Waals surface area contributed by atoms with Gasteiger partial charge in [-0.15, -0.1) is 0 Å². The van der Waals surface area contributed by atoms with E-state index >= 15 is 4.39 Å². The van der Waals surface area contributed by atoms with Gasteiger partial charge in [0.2, 0.25) is 0 Å². The maximum Gasteiger partial charge on any atom is 0.344 e. The van der Waals surface area contributed by atoms with Crippen LogP contribution in [0.15, 0.2) is 63.8 Å². The lowest BCUT2D eigenvalue weighted by molar-refractivity contribution is 0.523. The number of aryl methyl sites for hydroxylation is 2. The summed E-state index contributed by atoms with van der Waals surface area (Å²) in [5.41, 5.74) is 3.57. The summed E-state index contributed by atoms with van der Waals surface area (Å²) in [6, 6.07) is 18.2. The molecule has 1 heterocycles. The lowest BCUT2D eigenvalue weighted by Gasteiger charge is -2.09. The van der Waals surface area contributed by atoms with Crippen molar-refractivity contribution in [2.24, 2.45) is 0 Å². The number of benzene rings is 3. The van der Waals surface area contributed by atoms with Crippen LogP contribution in [0.4, 0.5) is 4.39 Å². The van der Waals surface area contributed by atoms with Gasteiger partial charge >= 0.3 is 5.63 Å². The molecule has 3 heteroatoms. The zero-order chi connectivity index (χ0) is 25.3. The molecule has 4 rings (SSSR count). The van der Waals surface area contributed by atoms with Gasteiger partial charge in [0.15, 0.2) is 11.4 Å². The highest BCUT2D eigenvalue weighted by atomic mass is 19.1. The Morgan fingerprint density at radius 3 is 2.00 bits per heavy atom. The summed E-state index contributed by atoms with van der Waals surface area (Å²) in [5, 5.41) is 1.87. The van der Waals surface area contributed by atoms with Gasteiger partial charge < -0.3 is 4.42 Å². The third-order valence-corrected chi connectivity index (χ3v) is 7.31. The standard InChI is InChI=1S/C33H39FO2/c1-3-5-7-8-9-10-11-12-13-24-15-17-25(18-16-24)27-20-21-28-29-22-19-26(14-6-4-2)31(34)32(29)36-33(35)30(28)23-27/h15-23H,3-14H2,1-2H3. The summed E-state index contributed by atoms with van der Waals surface area (Å²) in [7, 11) is 0. The van der Waals surface area contributed by atoms with Gasteiger partial charge in [0.1, 0.15) is 0 Å². The molecule has 0 aliphatic rings. The van der Waals surface area contributed by atoms with Crippen LogP contribution in [-0.4, -0.2) is 0 Å². The molecule has 2 nitrogen and oxygen atoms in total. The molecule has 3 aromatic carbocycles. The zero-order valence-corrected chi connectivity index (χ0v) is 21.9. The molecule has 0 saturated heterocycles. The Bertz CT molecular complexity index is 1330. The van der Waals surface area contributed by atoms with Crippen LogP contribution < -0.4 is 5.63 Å². The highest BCUT2D eigenvalue weighted by Crippen LogP contribution is 2.30. The topological polar surface area (TPSA) is 30.2 Å². The third-order valence-electron chi connectivity index (χ3n) is 7.31. The average Bonchev–Trinajstić information content (AvgIpc) is 2.90. The number of hydrogen-bond donors (Lipinski definition) is 0. The first kappa shape index (κ1) is 26.1. The van der Waals surface area contributed by atoms with E-state index in [9.17, 15) is 4.79 Å². The minimum absolute atomic E-state index is 0.0687. The van der Waals surface area contributed by atoms with E-state index < -0.39 is 11.4 Å². The van der Waals surface area contributed by atoms with E-state index in [2.05, 4.69) is 38.1 Å². The SMILES string of the molecule is CCCCCCCCCCc1ccc(-c2ccc3c(c2)c(=O)oc2c(F)c(CCCC)ccc23)cc1. The predicted molar refractivity (Wildman–Crippen MR) is 150 cm³/mol. The highest BCUT2D eigenvalue weighted by molar-refractivity contribution is 6.05. The maximum absolute atomic E-state index is 15.0. The Morgan fingerprint density at radius 1 is 0.639 bits per heavy atom. The first-order valence-electron chi connectivity index (χ1n) is 13.9. The smallest absolute Gasteiger partial charge is 0.344 e. The molecule has 0 atom stereocenters. The Balaban J connectivity index is 1.46. The molecule has 0 N–H and O–H groups in total. The van der Waals surface area contributed by atoms with Crippen molar-refractivity contribution in [3.8, 4) is 11.1 Å². The minimum atomic E-state index is -0.489. The highest BCUT2D eigenvalue weighted by Gasteiger charge is 2.15. The minimum Gasteiger partial charge on any atom is -0.419 e. The monoisotopic (exact) mass is 486 g/mol. The molecule has 1 aromatic heterocycles. The molecule has 0 amide bonds. The second-order valence-corrected chi connectivity index (χ2v) is 10.1. The molecule has 4 aromatic rings. The Hall–Kier alpha value is -2.94. The molecule has 0 radical (unpaired) electrons. The molecule has 0 spiro atoms. The molecule has 0 aliphatic carbocycles. The van der Waals surface area contributed by atoms with Crippen LogP contribution in [-0.2, 0) is 12.8 Å². The van der Waals surface area contributed by atoms with Crippen molar-refractivity contribution in [2.75, 3.05) is 0 Å². The summed E-state index contributed by atoms with van der Waals surface area (Å²) < 4.78 is 20.5. The molecular formula is C33H39FO2. The van der Waals surface area contributed by atoms with Crippen LogP contribution in [0.1, 0.15) is 89.2 Å². The molecule has 0 saturated carbocycles. The quantitative estimate of drug-likeness (QED) is 0.107. The molecule has 190 valence electrons. The lowest BCUT2D eigenvalue weighted by atomic mass is 9.97. The predicted octanol–water partition coefficient (Wildman–Crippen LogP) is 9.78. The molecule has 0 unspecified atom stereocenters. The summed E-state index contributed by atoms with van der Waals surface area (Å²) in [5.74, 6) is -0.406. The summed E-state index contributed by atoms with van der Waals surface area (Å²) in [6.07, 6.45) is 14.3. The molecular weight excluding hydrogens is 447 g/mol. The van der Waals surface area contributed by atoms with Gasteiger partial charge in [-0.1, -0.05) is 114 Å². The van der Waals surface area contributed by atoms with E-state index in [1.54, 1.807) is 0 Å². The zero-order valence-electron chi connectivity index (χ0n) is 21.9. The molecule has 0 bridgehead atoms. The molecule has 0 aliphatic heterocycles. The Kier molecular flexibility index (Phi) is 9.33. The summed E-state index contributed by atoms with van der Waals surface area (Å²) in [6.45, 7) is 4.34. The van der Waals surface area contributed by atoms with Gasteiger partial charge in [-0.05, 0) is 54.0 Å². The molecule has 36 heavy (non-hydrogen) atoms. The first-order chi connectivity index (χ1) is 17.6. The Labute approximate surface area is 214 Å². The van der Waals surface area contributed by atoms with Gasteiger partial charge in [0.25, 0.3) is 0 Å². The largest absolute Gasteiger partial charge is 0.419 e.